The van der Waals surface area contributed by atoms with Gasteiger partial charge >= 0.3 is 12.1 Å². The number of aromatic carboxylic acids is 1. The zero-order valence-electron chi connectivity index (χ0n) is 14.8. The van der Waals surface area contributed by atoms with Crippen LogP contribution in [-0.2, 0) is 4.79 Å². The molecule has 0 aromatic carbocycles. The van der Waals surface area contributed by atoms with Gasteiger partial charge in [-0.1, -0.05) is 0 Å². The number of halogens is 3. The number of hydrogen-bond acceptors (Lipinski definition) is 7. The Kier molecular flexibility index (Phi) is 5.30. The van der Waals surface area contributed by atoms with E-state index in [2.05, 4.69) is 30.2 Å². The van der Waals surface area contributed by atoms with Crippen molar-refractivity contribution in [1.29, 1.82) is 0 Å². The van der Waals surface area contributed by atoms with Gasteiger partial charge in [-0.15, -0.1) is 0 Å². The molecular weight excluding hydrogens is 395 g/mol. The van der Waals surface area contributed by atoms with Crippen molar-refractivity contribution in [1.82, 2.24) is 30.2 Å². The monoisotopic (exact) mass is 409 g/mol. The summed E-state index contributed by atoms with van der Waals surface area (Å²) in [4.78, 5) is 42.2. The summed E-state index contributed by atoms with van der Waals surface area (Å²) in [6.45, 7) is -0.171. The Morgan fingerprint density at radius 3 is 2.76 bits per heavy atom. The van der Waals surface area contributed by atoms with Crippen LogP contribution in [-0.4, -0.2) is 60.7 Å². The molecule has 0 bridgehead atoms. The Morgan fingerprint density at radius 1 is 1.31 bits per heavy atom. The van der Waals surface area contributed by atoms with Crippen molar-refractivity contribution in [2.45, 2.75) is 19.1 Å². The van der Waals surface area contributed by atoms with Gasteiger partial charge in [0.2, 0.25) is 5.91 Å². The second-order valence-corrected chi connectivity index (χ2v) is 5.95. The molecular formula is C16H14F3N7O3. The quantitative estimate of drug-likeness (QED) is 0.480. The van der Waals surface area contributed by atoms with Crippen molar-refractivity contribution in [2.75, 3.05) is 11.9 Å². The van der Waals surface area contributed by atoms with Crippen molar-refractivity contribution >= 4 is 28.7 Å². The first-order chi connectivity index (χ1) is 13.6. The van der Waals surface area contributed by atoms with Gasteiger partial charge in [-0.05, 0) is 6.92 Å². The number of nitrogens with zero attached hydrogens (tertiary/aromatic N) is 4. The van der Waals surface area contributed by atoms with E-state index in [-0.39, 0.29) is 17.3 Å². The third kappa shape index (κ3) is 4.75. The summed E-state index contributed by atoms with van der Waals surface area (Å²) in [5.74, 6) is -2.31. The van der Waals surface area contributed by atoms with Crippen LogP contribution in [0, 0.1) is 0 Å². The third-order valence-electron chi connectivity index (χ3n) is 3.76. The number of hydrogen-bond donors (Lipinski definition) is 4. The van der Waals surface area contributed by atoms with E-state index in [0.717, 1.165) is 6.07 Å². The highest BCUT2D eigenvalue weighted by Gasteiger charge is 2.29. The van der Waals surface area contributed by atoms with E-state index >= 15 is 0 Å². The fourth-order valence-corrected chi connectivity index (χ4v) is 2.42. The molecule has 4 N–H and O–H groups in total. The molecule has 13 heteroatoms. The highest BCUT2D eigenvalue weighted by Crippen LogP contribution is 2.25. The topological polar surface area (TPSA) is 146 Å². The van der Waals surface area contributed by atoms with Crippen LogP contribution in [0.2, 0.25) is 0 Å². The molecule has 3 heterocycles. The number of aromatic nitrogens is 5. The number of carbonyl (C=O) groups is 2. The molecule has 3 aromatic heterocycles. The first-order valence-corrected chi connectivity index (χ1v) is 8.15. The van der Waals surface area contributed by atoms with E-state index in [0.29, 0.717) is 16.6 Å². The minimum atomic E-state index is -4.55. The summed E-state index contributed by atoms with van der Waals surface area (Å²) >= 11 is 0. The Morgan fingerprint density at radius 2 is 2.07 bits per heavy atom. The van der Waals surface area contributed by atoms with Gasteiger partial charge in [0.05, 0.1) is 0 Å². The van der Waals surface area contributed by atoms with Crippen LogP contribution in [0.15, 0.2) is 24.8 Å². The maximum atomic E-state index is 12.3. The number of anilines is 1. The summed E-state index contributed by atoms with van der Waals surface area (Å²) < 4.78 is 36.8. The standard InChI is InChI=1S/C16H14F3N7O3/c1-7(14(27)22-5-16(17,18)19)24-11-2-10(15(28)29)25-13(26-11)9-4-21-12-8(9)3-20-6-23-12/h2-4,6-7H,5H2,1H3,(H,22,27)(H,28,29)(H,20,21,23)(H,24,25,26). The fraction of sp³-hybridized carbons (Fsp3) is 0.250. The van der Waals surface area contributed by atoms with Gasteiger partial charge in [0.15, 0.2) is 11.5 Å². The number of carboxylic acid groups (broad SMARTS) is 1. The first-order valence-electron chi connectivity index (χ1n) is 8.15. The van der Waals surface area contributed by atoms with Gasteiger partial charge in [0.1, 0.15) is 30.4 Å². The lowest BCUT2D eigenvalue weighted by molar-refractivity contribution is -0.138. The number of amides is 1. The summed E-state index contributed by atoms with van der Waals surface area (Å²) in [5.41, 5.74) is 0.529. The maximum Gasteiger partial charge on any atom is 0.405 e. The molecule has 1 unspecified atom stereocenters. The number of aromatic amines is 1. The molecule has 0 fully saturated rings. The zero-order chi connectivity index (χ0) is 21.2. The first kappa shape index (κ1) is 20.0. The Hall–Kier alpha value is -3.77. The lowest BCUT2D eigenvalue weighted by Crippen LogP contribution is -2.42. The zero-order valence-corrected chi connectivity index (χ0v) is 14.8. The Labute approximate surface area is 160 Å². The molecule has 29 heavy (non-hydrogen) atoms. The highest BCUT2D eigenvalue weighted by molar-refractivity contribution is 5.93. The Bertz CT molecular complexity index is 1070. The van der Waals surface area contributed by atoms with Crippen molar-refractivity contribution in [3.8, 4) is 11.4 Å². The van der Waals surface area contributed by atoms with Crippen LogP contribution in [0.4, 0.5) is 19.0 Å². The molecule has 0 aliphatic heterocycles. The fourth-order valence-electron chi connectivity index (χ4n) is 2.42. The molecule has 0 radical (unpaired) electrons. The van der Waals surface area contributed by atoms with Crippen molar-refractivity contribution < 1.29 is 27.9 Å². The predicted octanol–water partition coefficient (Wildman–Crippen LogP) is 1.59. The maximum absolute atomic E-state index is 12.3. The smallest absolute Gasteiger partial charge is 0.405 e. The number of carbonyl (C=O) groups excluding carboxylic acids is 1. The molecule has 0 aliphatic carbocycles. The number of rotatable bonds is 6. The minimum Gasteiger partial charge on any atom is -0.477 e. The highest BCUT2D eigenvalue weighted by atomic mass is 19.4. The van der Waals surface area contributed by atoms with Gasteiger partial charge in [-0.2, -0.15) is 13.2 Å². The molecule has 152 valence electrons. The van der Waals surface area contributed by atoms with E-state index < -0.39 is 30.6 Å². The third-order valence-corrected chi connectivity index (χ3v) is 3.76. The Balaban J connectivity index is 1.89. The van der Waals surface area contributed by atoms with Crippen molar-refractivity contribution in [3.05, 3.63) is 30.5 Å². The second kappa shape index (κ2) is 7.69. The van der Waals surface area contributed by atoms with E-state index in [1.807, 2.05) is 0 Å². The number of alkyl halides is 3. The van der Waals surface area contributed by atoms with E-state index in [1.165, 1.54) is 25.6 Å². The molecule has 0 spiro atoms. The van der Waals surface area contributed by atoms with Crippen LogP contribution < -0.4 is 10.6 Å². The average molecular weight is 409 g/mol. The van der Waals surface area contributed by atoms with Crippen molar-refractivity contribution in [3.63, 3.8) is 0 Å². The molecule has 0 saturated heterocycles. The van der Waals surface area contributed by atoms with Crippen LogP contribution in [0.1, 0.15) is 17.4 Å². The number of carboxylic acids is 1. The number of H-pyrrole nitrogens is 1. The van der Waals surface area contributed by atoms with Gasteiger partial charge in [0.25, 0.3) is 0 Å². The second-order valence-electron chi connectivity index (χ2n) is 5.95. The lowest BCUT2D eigenvalue weighted by atomic mass is 10.2. The summed E-state index contributed by atoms with van der Waals surface area (Å²) in [5, 5.41) is 14.2. The van der Waals surface area contributed by atoms with Gasteiger partial charge in [-0.25, -0.2) is 24.7 Å². The SMILES string of the molecule is CC(Nc1cc(C(=O)O)nc(-c2c[nH]c3ncncc23)n1)C(=O)NCC(F)(F)F. The average Bonchev–Trinajstić information content (AvgIpc) is 3.09. The molecule has 3 aromatic rings. The largest absolute Gasteiger partial charge is 0.477 e. The number of nitrogens with one attached hydrogen (secondary N) is 3. The van der Waals surface area contributed by atoms with Crippen LogP contribution in [0.25, 0.3) is 22.4 Å². The summed E-state index contributed by atoms with van der Waals surface area (Å²) in [7, 11) is 0. The molecule has 0 saturated carbocycles. The molecule has 10 nitrogen and oxygen atoms in total. The minimum absolute atomic E-state index is 0.0105. The van der Waals surface area contributed by atoms with E-state index in [9.17, 15) is 27.9 Å². The van der Waals surface area contributed by atoms with Gasteiger partial charge in [0, 0.05) is 29.4 Å². The lowest BCUT2D eigenvalue weighted by Gasteiger charge is -2.16. The number of fused-ring (bicyclic) bond motifs is 1. The molecule has 0 aliphatic rings. The normalized spacial score (nSPS) is 12.6. The van der Waals surface area contributed by atoms with Crippen molar-refractivity contribution in [2.24, 2.45) is 0 Å². The van der Waals surface area contributed by atoms with E-state index in [4.69, 9.17) is 0 Å². The predicted molar refractivity (Wildman–Crippen MR) is 94.0 cm³/mol. The van der Waals surface area contributed by atoms with Crippen LogP contribution in [0.3, 0.4) is 0 Å². The van der Waals surface area contributed by atoms with Gasteiger partial charge < -0.3 is 20.7 Å². The summed E-state index contributed by atoms with van der Waals surface area (Å²) in [6.07, 6.45) is -0.217. The summed E-state index contributed by atoms with van der Waals surface area (Å²) in [6, 6.07) is -0.0434. The van der Waals surface area contributed by atoms with Crippen LogP contribution in [0.5, 0.6) is 0 Å². The molecule has 1 atom stereocenters. The van der Waals surface area contributed by atoms with E-state index in [1.54, 1.807) is 5.32 Å². The van der Waals surface area contributed by atoms with Crippen LogP contribution >= 0.6 is 0 Å². The van der Waals surface area contributed by atoms with Gasteiger partial charge in [-0.3, -0.25) is 4.79 Å². The molecule has 1 amide bonds. The molecule has 3 rings (SSSR count).